The molecule has 0 saturated heterocycles. The molecule has 6 nitrogen and oxygen atoms in total. The Bertz CT molecular complexity index is 747. The Morgan fingerprint density at radius 1 is 1.04 bits per heavy atom. The first-order chi connectivity index (χ1) is 13.5. The van der Waals surface area contributed by atoms with Crippen molar-refractivity contribution in [3.05, 3.63) is 60.2 Å². The van der Waals surface area contributed by atoms with E-state index in [1.54, 1.807) is 43.2 Å². The lowest BCUT2D eigenvalue weighted by Gasteiger charge is -2.28. The third-order valence-electron chi connectivity index (χ3n) is 4.33. The summed E-state index contributed by atoms with van der Waals surface area (Å²) in [6.07, 6.45) is 0.839. The van der Waals surface area contributed by atoms with Gasteiger partial charge in [0, 0.05) is 13.1 Å². The molecule has 2 aromatic rings. The maximum absolute atomic E-state index is 12.9. The van der Waals surface area contributed by atoms with Gasteiger partial charge in [0.2, 0.25) is 5.91 Å². The van der Waals surface area contributed by atoms with Crippen molar-refractivity contribution >= 4 is 11.8 Å². The van der Waals surface area contributed by atoms with E-state index in [2.05, 4.69) is 5.32 Å². The number of amides is 2. The maximum atomic E-state index is 12.9. The predicted molar refractivity (Wildman–Crippen MR) is 108 cm³/mol. The molecule has 0 aromatic heterocycles. The van der Waals surface area contributed by atoms with E-state index >= 15 is 0 Å². The minimum Gasteiger partial charge on any atom is -0.497 e. The third kappa shape index (κ3) is 6.30. The fourth-order valence-electron chi connectivity index (χ4n) is 2.66. The minimum atomic E-state index is -0.598. The van der Waals surface area contributed by atoms with Crippen molar-refractivity contribution in [2.45, 2.75) is 32.9 Å². The van der Waals surface area contributed by atoms with Crippen molar-refractivity contribution in [3.8, 4) is 11.5 Å². The summed E-state index contributed by atoms with van der Waals surface area (Å²) in [5.74, 6) is 0.858. The highest BCUT2D eigenvalue weighted by atomic mass is 16.5. The lowest BCUT2D eigenvalue weighted by Crippen LogP contribution is -2.49. The molecule has 150 valence electrons. The van der Waals surface area contributed by atoms with Gasteiger partial charge in [0.15, 0.2) is 6.61 Å². The lowest BCUT2D eigenvalue weighted by molar-refractivity contribution is -0.142. The fourth-order valence-corrected chi connectivity index (χ4v) is 2.66. The molecular weight excluding hydrogens is 356 g/mol. The lowest BCUT2D eigenvalue weighted by atomic mass is 10.1. The predicted octanol–water partition coefficient (Wildman–Crippen LogP) is 3.02. The van der Waals surface area contributed by atoms with Crippen LogP contribution in [0.3, 0.4) is 0 Å². The number of methoxy groups -OCH3 is 1. The molecule has 1 N–H and O–H groups in total. The van der Waals surface area contributed by atoms with E-state index in [4.69, 9.17) is 9.47 Å². The monoisotopic (exact) mass is 384 g/mol. The van der Waals surface area contributed by atoms with Gasteiger partial charge in [-0.05, 0) is 43.2 Å². The van der Waals surface area contributed by atoms with Crippen LogP contribution in [0.15, 0.2) is 54.6 Å². The third-order valence-corrected chi connectivity index (χ3v) is 4.33. The zero-order valence-corrected chi connectivity index (χ0v) is 16.7. The molecule has 0 spiro atoms. The SMILES string of the molecule is CCCNC(=O)[C@H](C)N(Cc1ccccc1)C(=O)COc1ccc(OC)cc1. The van der Waals surface area contributed by atoms with E-state index < -0.39 is 6.04 Å². The zero-order chi connectivity index (χ0) is 20.4. The van der Waals surface area contributed by atoms with Crippen LogP contribution in [0, 0.1) is 0 Å². The van der Waals surface area contributed by atoms with Crippen LogP contribution in [0.5, 0.6) is 11.5 Å². The first-order valence-electron chi connectivity index (χ1n) is 9.43. The number of hydrogen-bond acceptors (Lipinski definition) is 4. The van der Waals surface area contributed by atoms with Crippen LogP contribution in [-0.2, 0) is 16.1 Å². The highest BCUT2D eigenvalue weighted by Gasteiger charge is 2.26. The molecule has 1 atom stereocenters. The second-order valence-electron chi connectivity index (χ2n) is 6.44. The minimum absolute atomic E-state index is 0.148. The second-order valence-corrected chi connectivity index (χ2v) is 6.44. The summed E-state index contributed by atoms with van der Waals surface area (Å²) in [6.45, 7) is 4.50. The molecule has 2 amide bonds. The molecule has 0 aliphatic rings. The Morgan fingerprint density at radius 3 is 2.29 bits per heavy atom. The van der Waals surface area contributed by atoms with Crippen LogP contribution in [0.25, 0.3) is 0 Å². The Hall–Kier alpha value is -3.02. The molecule has 0 unspecified atom stereocenters. The van der Waals surface area contributed by atoms with Gasteiger partial charge >= 0.3 is 0 Å². The van der Waals surface area contributed by atoms with Gasteiger partial charge in [-0.1, -0.05) is 37.3 Å². The van der Waals surface area contributed by atoms with Gasteiger partial charge in [-0.3, -0.25) is 9.59 Å². The molecule has 0 aliphatic carbocycles. The number of nitrogens with zero attached hydrogens (tertiary/aromatic N) is 1. The Balaban J connectivity index is 2.07. The van der Waals surface area contributed by atoms with Crippen molar-refractivity contribution in [1.29, 1.82) is 0 Å². The second kappa shape index (κ2) is 11.0. The molecule has 2 rings (SSSR count). The Labute approximate surface area is 166 Å². The van der Waals surface area contributed by atoms with Crippen molar-refractivity contribution in [1.82, 2.24) is 10.2 Å². The number of rotatable bonds is 10. The van der Waals surface area contributed by atoms with E-state index in [1.807, 2.05) is 37.3 Å². The van der Waals surface area contributed by atoms with Crippen molar-refractivity contribution in [2.24, 2.45) is 0 Å². The summed E-state index contributed by atoms with van der Waals surface area (Å²) < 4.78 is 10.7. The van der Waals surface area contributed by atoms with E-state index in [-0.39, 0.29) is 18.4 Å². The van der Waals surface area contributed by atoms with Gasteiger partial charge < -0.3 is 19.7 Å². The van der Waals surface area contributed by atoms with Crippen LogP contribution in [0.2, 0.25) is 0 Å². The molecule has 0 saturated carbocycles. The smallest absolute Gasteiger partial charge is 0.261 e. The molecule has 0 fully saturated rings. The van der Waals surface area contributed by atoms with Crippen molar-refractivity contribution in [3.63, 3.8) is 0 Å². The summed E-state index contributed by atoms with van der Waals surface area (Å²) in [7, 11) is 1.59. The molecule has 0 aliphatic heterocycles. The van der Waals surface area contributed by atoms with Gasteiger partial charge in [-0.2, -0.15) is 0 Å². The van der Waals surface area contributed by atoms with Crippen LogP contribution in [0.1, 0.15) is 25.8 Å². The number of carbonyl (C=O) groups excluding carboxylic acids is 2. The normalized spacial score (nSPS) is 11.4. The van der Waals surface area contributed by atoms with Crippen LogP contribution in [0.4, 0.5) is 0 Å². The maximum Gasteiger partial charge on any atom is 0.261 e. The van der Waals surface area contributed by atoms with Crippen LogP contribution < -0.4 is 14.8 Å². The molecular formula is C22H28N2O4. The largest absolute Gasteiger partial charge is 0.497 e. The molecule has 6 heteroatoms. The topological polar surface area (TPSA) is 67.9 Å². The summed E-state index contributed by atoms with van der Waals surface area (Å²) in [6, 6.07) is 16.0. The first kappa shape index (κ1) is 21.3. The van der Waals surface area contributed by atoms with Crippen LogP contribution >= 0.6 is 0 Å². The molecule has 0 heterocycles. The van der Waals surface area contributed by atoms with Gasteiger partial charge in [0.05, 0.1) is 7.11 Å². The number of ether oxygens (including phenoxy) is 2. The standard InChI is InChI=1S/C22H28N2O4/c1-4-14-23-22(26)17(2)24(15-18-8-6-5-7-9-18)21(25)16-28-20-12-10-19(27-3)11-13-20/h5-13,17H,4,14-16H2,1-3H3,(H,23,26)/t17-/m0/s1. The average molecular weight is 384 g/mol. The van der Waals surface area contributed by atoms with Gasteiger partial charge in [-0.15, -0.1) is 0 Å². The van der Waals surface area contributed by atoms with E-state index in [0.717, 1.165) is 12.0 Å². The van der Waals surface area contributed by atoms with E-state index in [0.29, 0.717) is 24.6 Å². The molecule has 28 heavy (non-hydrogen) atoms. The van der Waals surface area contributed by atoms with Gasteiger partial charge in [0.25, 0.3) is 5.91 Å². The molecule has 0 bridgehead atoms. The van der Waals surface area contributed by atoms with Crippen molar-refractivity contribution < 1.29 is 19.1 Å². The van der Waals surface area contributed by atoms with Gasteiger partial charge in [0.1, 0.15) is 17.5 Å². The highest BCUT2D eigenvalue weighted by Crippen LogP contribution is 2.17. The van der Waals surface area contributed by atoms with E-state index in [1.165, 1.54) is 0 Å². The molecule has 0 radical (unpaired) electrons. The number of carbonyl (C=O) groups is 2. The Morgan fingerprint density at radius 2 is 1.68 bits per heavy atom. The van der Waals surface area contributed by atoms with Crippen molar-refractivity contribution in [2.75, 3.05) is 20.3 Å². The first-order valence-corrected chi connectivity index (χ1v) is 9.43. The highest BCUT2D eigenvalue weighted by molar-refractivity contribution is 5.87. The Kier molecular flexibility index (Phi) is 8.34. The number of nitrogens with one attached hydrogen (secondary N) is 1. The summed E-state index contributed by atoms with van der Waals surface area (Å²) in [4.78, 5) is 26.8. The quantitative estimate of drug-likeness (QED) is 0.684. The van der Waals surface area contributed by atoms with Gasteiger partial charge in [-0.25, -0.2) is 0 Å². The summed E-state index contributed by atoms with van der Waals surface area (Å²) in [5.41, 5.74) is 0.954. The summed E-state index contributed by atoms with van der Waals surface area (Å²) >= 11 is 0. The zero-order valence-electron chi connectivity index (χ0n) is 16.7. The number of hydrogen-bond donors (Lipinski definition) is 1. The van der Waals surface area contributed by atoms with E-state index in [9.17, 15) is 9.59 Å². The fraction of sp³-hybridized carbons (Fsp3) is 0.364. The summed E-state index contributed by atoms with van der Waals surface area (Å²) in [5, 5.41) is 2.85. The molecule has 2 aromatic carbocycles. The number of benzene rings is 2. The average Bonchev–Trinajstić information content (AvgIpc) is 2.74. The van der Waals surface area contributed by atoms with Crippen LogP contribution in [-0.4, -0.2) is 43.0 Å².